The molecule has 0 aliphatic carbocycles. The Morgan fingerprint density at radius 3 is 2.81 bits per heavy atom. The number of halogens is 1. The number of ether oxygens (including phenoxy) is 1. The molecule has 1 heterocycles. The van der Waals surface area contributed by atoms with Crippen molar-refractivity contribution in [1.82, 2.24) is 10.2 Å². The third kappa shape index (κ3) is 3.98. The molecule has 0 spiro atoms. The van der Waals surface area contributed by atoms with Gasteiger partial charge in [-0.05, 0) is 36.6 Å². The maximum Gasteiger partial charge on any atom is 0.276 e. The molecule has 0 atom stereocenters. The number of nitrogens with one attached hydrogen (secondary N) is 2. The molecule has 0 radical (unpaired) electrons. The molecular formula is C15H18ClN3O2. The number of aromatic nitrogens is 2. The number of hydrogen-bond donors (Lipinski definition) is 2. The molecule has 0 aliphatic rings. The van der Waals surface area contributed by atoms with Crippen LogP contribution in [-0.4, -0.2) is 23.2 Å². The van der Waals surface area contributed by atoms with Crippen LogP contribution in [-0.2, 0) is 6.42 Å². The van der Waals surface area contributed by atoms with Crippen LogP contribution in [0.25, 0.3) is 0 Å². The Morgan fingerprint density at radius 2 is 2.19 bits per heavy atom. The lowest BCUT2D eigenvalue weighted by atomic mass is 10.1. The highest BCUT2D eigenvalue weighted by Crippen LogP contribution is 2.27. The molecule has 21 heavy (non-hydrogen) atoms. The first kappa shape index (κ1) is 15.4. The second-order valence-electron chi connectivity index (χ2n) is 5.18. The fraction of sp³-hybridized carbons (Fsp3) is 0.333. The van der Waals surface area contributed by atoms with E-state index in [0.717, 1.165) is 12.1 Å². The van der Waals surface area contributed by atoms with E-state index in [2.05, 4.69) is 29.4 Å². The summed E-state index contributed by atoms with van der Waals surface area (Å²) in [6, 6.07) is 6.83. The smallest absolute Gasteiger partial charge is 0.276 e. The van der Waals surface area contributed by atoms with Gasteiger partial charge in [-0.1, -0.05) is 25.4 Å². The van der Waals surface area contributed by atoms with Gasteiger partial charge in [0.05, 0.1) is 12.1 Å². The fourth-order valence-electron chi connectivity index (χ4n) is 1.96. The average molecular weight is 308 g/mol. The molecular weight excluding hydrogens is 290 g/mol. The van der Waals surface area contributed by atoms with Crippen LogP contribution in [0.1, 0.15) is 30.0 Å². The number of anilines is 1. The summed E-state index contributed by atoms with van der Waals surface area (Å²) in [5.41, 5.74) is 1.90. The largest absolute Gasteiger partial charge is 0.495 e. The number of methoxy groups -OCH3 is 1. The highest BCUT2D eigenvalue weighted by molar-refractivity contribution is 6.32. The topological polar surface area (TPSA) is 67.0 Å². The highest BCUT2D eigenvalue weighted by Gasteiger charge is 2.12. The predicted octanol–water partition coefficient (Wildman–Crippen LogP) is 3.52. The van der Waals surface area contributed by atoms with Crippen LogP contribution in [0.4, 0.5) is 5.69 Å². The molecule has 5 nitrogen and oxygen atoms in total. The standard InChI is InChI=1S/C15H18ClN3O2/c1-9(2)6-11-8-13(19-18-11)15(20)17-10-4-5-14(21-3)12(16)7-10/h4-5,7-9H,6H2,1-3H3,(H,17,20)(H,18,19). The van der Waals surface area contributed by atoms with Crippen LogP contribution in [0, 0.1) is 5.92 Å². The van der Waals surface area contributed by atoms with Crippen molar-refractivity contribution in [3.05, 3.63) is 40.7 Å². The van der Waals surface area contributed by atoms with Crippen molar-refractivity contribution < 1.29 is 9.53 Å². The van der Waals surface area contributed by atoms with Gasteiger partial charge in [-0.15, -0.1) is 0 Å². The average Bonchev–Trinajstić information content (AvgIpc) is 2.86. The van der Waals surface area contributed by atoms with Gasteiger partial charge in [0.15, 0.2) is 5.69 Å². The number of benzene rings is 1. The van der Waals surface area contributed by atoms with Crippen LogP contribution >= 0.6 is 11.6 Å². The lowest BCUT2D eigenvalue weighted by molar-refractivity contribution is 0.102. The number of carbonyl (C=O) groups excluding carboxylic acids is 1. The molecule has 112 valence electrons. The van der Waals surface area contributed by atoms with Crippen molar-refractivity contribution in [3.8, 4) is 5.75 Å². The molecule has 0 fully saturated rings. The molecule has 0 unspecified atom stereocenters. The number of aromatic amines is 1. The molecule has 2 aromatic rings. The number of amides is 1. The first-order valence-electron chi connectivity index (χ1n) is 6.68. The van der Waals surface area contributed by atoms with Gasteiger partial charge in [0.2, 0.25) is 0 Å². The van der Waals surface area contributed by atoms with Crippen LogP contribution < -0.4 is 10.1 Å². The predicted molar refractivity (Wildman–Crippen MR) is 83.1 cm³/mol. The lowest BCUT2D eigenvalue weighted by Gasteiger charge is -2.06. The molecule has 0 saturated heterocycles. The van der Waals surface area contributed by atoms with Crippen LogP contribution in [0.5, 0.6) is 5.75 Å². The maximum absolute atomic E-state index is 12.1. The minimum Gasteiger partial charge on any atom is -0.495 e. The van der Waals surface area contributed by atoms with Crippen LogP contribution in [0.3, 0.4) is 0 Å². The van der Waals surface area contributed by atoms with Gasteiger partial charge in [0.25, 0.3) is 5.91 Å². The van der Waals surface area contributed by atoms with Crippen molar-refractivity contribution in [2.45, 2.75) is 20.3 Å². The van der Waals surface area contributed by atoms with E-state index < -0.39 is 0 Å². The van der Waals surface area contributed by atoms with E-state index in [0.29, 0.717) is 28.1 Å². The lowest BCUT2D eigenvalue weighted by Crippen LogP contribution is -2.12. The zero-order valence-electron chi connectivity index (χ0n) is 12.2. The Kier molecular flexibility index (Phi) is 4.85. The monoisotopic (exact) mass is 307 g/mol. The normalized spacial score (nSPS) is 10.7. The first-order valence-corrected chi connectivity index (χ1v) is 7.06. The second-order valence-corrected chi connectivity index (χ2v) is 5.59. The third-order valence-corrected chi connectivity index (χ3v) is 3.20. The summed E-state index contributed by atoms with van der Waals surface area (Å²) < 4.78 is 5.07. The number of nitrogens with zero attached hydrogens (tertiary/aromatic N) is 1. The maximum atomic E-state index is 12.1. The van der Waals surface area contributed by atoms with Gasteiger partial charge >= 0.3 is 0 Å². The Morgan fingerprint density at radius 1 is 1.43 bits per heavy atom. The van der Waals surface area contributed by atoms with Crippen molar-refractivity contribution in [1.29, 1.82) is 0 Å². The van der Waals surface area contributed by atoms with Crippen molar-refractivity contribution in [2.24, 2.45) is 5.92 Å². The van der Waals surface area contributed by atoms with Crippen molar-refractivity contribution in [3.63, 3.8) is 0 Å². The van der Waals surface area contributed by atoms with Gasteiger partial charge < -0.3 is 10.1 Å². The van der Waals surface area contributed by atoms with E-state index >= 15 is 0 Å². The number of carbonyl (C=O) groups is 1. The van der Waals surface area contributed by atoms with Crippen molar-refractivity contribution in [2.75, 3.05) is 12.4 Å². The van der Waals surface area contributed by atoms with Gasteiger partial charge in [-0.3, -0.25) is 9.89 Å². The molecule has 0 aliphatic heterocycles. The molecule has 0 saturated carbocycles. The minimum atomic E-state index is -0.275. The summed E-state index contributed by atoms with van der Waals surface area (Å²) in [4.78, 5) is 12.1. The van der Waals surface area contributed by atoms with E-state index in [-0.39, 0.29) is 5.91 Å². The van der Waals surface area contributed by atoms with Gasteiger partial charge in [0.1, 0.15) is 5.75 Å². The van der Waals surface area contributed by atoms with Gasteiger partial charge in [-0.2, -0.15) is 5.10 Å². The van der Waals surface area contributed by atoms with Gasteiger partial charge in [0, 0.05) is 11.4 Å². The molecule has 6 heteroatoms. The van der Waals surface area contributed by atoms with Gasteiger partial charge in [-0.25, -0.2) is 0 Å². The number of H-pyrrole nitrogens is 1. The summed E-state index contributed by atoms with van der Waals surface area (Å²) in [6.07, 6.45) is 0.856. The van der Waals surface area contributed by atoms with E-state index in [1.54, 1.807) is 31.4 Å². The highest BCUT2D eigenvalue weighted by atomic mass is 35.5. The Bertz CT molecular complexity index is 638. The Hall–Kier alpha value is -2.01. The molecule has 1 amide bonds. The Labute approximate surface area is 128 Å². The first-order chi connectivity index (χ1) is 9.99. The Balaban J connectivity index is 2.07. The van der Waals surface area contributed by atoms with E-state index in [9.17, 15) is 4.79 Å². The number of rotatable bonds is 5. The summed E-state index contributed by atoms with van der Waals surface area (Å²) in [5, 5.41) is 10.1. The number of hydrogen-bond acceptors (Lipinski definition) is 3. The molecule has 1 aromatic heterocycles. The zero-order valence-corrected chi connectivity index (χ0v) is 13.0. The van der Waals surface area contributed by atoms with Crippen molar-refractivity contribution >= 4 is 23.2 Å². The summed E-state index contributed by atoms with van der Waals surface area (Å²) in [5.74, 6) is 0.790. The molecule has 0 bridgehead atoms. The van der Waals surface area contributed by atoms with E-state index in [1.807, 2.05) is 0 Å². The van der Waals surface area contributed by atoms with Crippen LogP contribution in [0.2, 0.25) is 5.02 Å². The fourth-order valence-corrected chi connectivity index (χ4v) is 2.22. The molecule has 2 rings (SSSR count). The SMILES string of the molecule is COc1ccc(NC(=O)c2cc(CC(C)C)[nH]n2)cc1Cl. The third-order valence-electron chi connectivity index (χ3n) is 2.90. The summed E-state index contributed by atoms with van der Waals surface area (Å²) in [7, 11) is 1.54. The second kappa shape index (κ2) is 6.63. The summed E-state index contributed by atoms with van der Waals surface area (Å²) >= 11 is 6.02. The van der Waals surface area contributed by atoms with Crippen LogP contribution in [0.15, 0.2) is 24.3 Å². The molecule has 1 aromatic carbocycles. The molecule has 2 N–H and O–H groups in total. The minimum absolute atomic E-state index is 0.275. The van der Waals surface area contributed by atoms with E-state index in [4.69, 9.17) is 16.3 Å². The zero-order chi connectivity index (χ0) is 15.4. The van der Waals surface area contributed by atoms with E-state index in [1.165, 1.54) is 0 Å². The summed E-state index contributed by atoms with van der Waals surface area (Å²) in [6.45, 7) is 4.22. The quantitative estimate of drug-likeness (QED) is 0.888.